The van der Waals surface area contributed by atoms with E-state index in [2.05, 4.69) is 0 Å². The smallest absolute Gasteiger partial charge is 0.00441 e. The lowest BCUT2D eigenvalue weighted by Gasteiger charge is -2.37. The molecule has 0 aromatic carbocycles. The van der Waals surface area contributed by atoms with Crippen LogP contribution in [0, 0.1) is 11.8 Å². The van der Waals surface area contributed by atoms with Gasteiger partial charge in [0.15, 0.2) is 0 Å². The number of rotatable bonds is 0. The summed E-state index contributed by atoms with van der Waals surface area (Å²) >= 11 is 0. The lowest BCUT2D eigenvalue weighted by atomic mass is 9.71. The monoisotopic (exact) mass is 139 g/mol. The summed E-state index contributed by atoms with van der Waals surface area (Å²) in [5.41, 5.74) is 5.93. The highest BCUT2D eigenvalue weighted by Gasteiger charge is 2.29. The van der Waals surface area contributed by atoms with E-state index in [1.807, 2.05) is 0 Å². The number of nitrogens with two attached hydrogens (primary N) is 1. The topological polar surface area (TPSA) is 26.0 Å². The molecule has 2 aliphatic rings. The Labute approximate surface area is 63.0 Å². The van der Waals surface area contributed by atoms with Gasteiger partial charge < -0.3 is 5.73 Å². The third-order valence-electron chi connectivity index (χ3n) is 3.16. The van der Waals surface area contributed by atoms with Gasteiger partial charge in [0.1, 0.15) is 0 Å². The van der Waals surface area contributed by atoms with Gasteiger partial charge in [-0.2, -0.15) is 0 Å². The first-order chi connectivity index (χ1) is 4.84. The molecule has 2 saturated carbocycles. The molecule has 2 N–H and O–H groups in total. The first kappa shape index (κ1) is 6.66. The maximum absolute atomic E-state index is 5.93. The van der Waals surface area contributed by atoms with Gasteiger partial charge in [-0.1, -0.05) is 19.3 Å². The van der Waals surface area contributed by atoms with Crippen LogP contribution in [0.2, 0.25) is 0 Å². The van der Waals surface area contributed by atoms with Crippen molar-refractivity contribution in [2.75, 3.05) is 0 Å². The highest BCUT2D eigenvalue weighted by atomic mass is 14.6. The van der Waals surface area contributed by atoms with Crippen molar-refractivity contribution < 1.29 is 0 Å². The molecule has 10 heavy (non-hydrogen) atoms. The van der Waals surface area contributed by atoms with Crippen LogP contribution < -0.4 is 5.73 Å². The van der Waals surface area contributed by atoms with Crippen molar-refractivity contribution in [3.8, 4) is 0 Å². The molecule has 1 heteroatoms. The molecular formula is C9H17N. The SMILES string of the molecule is NC1C[C@H]2CCC[C@@H](C1)C2. The summed E-state index contributed by atoms with van der Waals surface area (Å²) < 4.78 is 0. The quantitative estimate of drug-likeness (QED) is 0.545. The first-order valence-electron chi connectivity index (χ1n) is 4.60. The van der Waals surface area contributed by atoms with Crippen LogP contribution in [0.5, 0.6) is 0 Å². The Bertz CT molecular complexity index is 106. The van der Waals surface area contributed by atoms with Gasteiger partial charge in [0.05, 0.1) is 0 Å². The zero-order chi connectivity index (χ0) is 6.97. The van der Waals surface area contributed by atoms with Crippen molar-refractivity contribution in [1.29, 1.82) is 0 Å². The van der Waals surface area contributed by atoms with Crippen LogP contribution in [0.3, 0.4) is 0 Å². The molecule has 0 saturated heterocycles. The first-order valence-corrected chi connectivity index (χ1v) is 4.60. The van der Waals surface area contributed by atoms with E-state index in [1.165, 1.54) is 38.5 Å². The maximum Gasteiger partial charge on any atom is 0.00441 e. The summed E-state index contributed by atoms with van der Waals surface area (Å²) in [5.74, 6) is 2.00. The highest BCUT2D eigenvalue weighted by molar-refractivity contribution is 4.84. The lowest BCUT2D eigenvalue weighted by molar-refractivity contribution is 0.171. The van der Waals surface area contributed by atoms with Crippen molar-refractivity contribution in [3.63, 3.8) is 0 Å². The number of fused-ring (bicyclic) bond motifs is 2. The Morgan fingerprint density at radius 1 is 0.900 bits per heavy atom. The van der Waals surface area contributed by atoms with Gasteiger partial charge in [0, 0.05) is 6.04 Å². The summed E-state index contributed by atoms with van der Waals surface area (Å²) in [6.45, 7) is 0. The minimum atomic E-state index is 0.545. The van der Waals surface area contributed by atoms with E-state index in [-0.39, 0.29) is 0 Å². The van der Waals surface area contributed by atoms with Gasteiger partial charge in [-0.15, -0.1) is 0 Å². The summed E-state index contributed by atoms with van der Waals surface area (Å²) in [7, 11) is 0. The van der Waals surface area contributed by atoms with Gasteiger partial charge in [0.2, 0.25) is 0 Å². The van der Waals surface area contributed by atoms with Crippen LogP contribution in [0.15, 0.2) is 0 Å². The fraction of sp³-hybridized carbons (Fsp3) is 1.00. The Morgan fingerprint density at radius 3 is 2.10 bits per heavy atom. The fourth-order valence-corrected chi connectivity index (χ4v) is 2.78. The minimum absolute atomic E-state index is 0.545. The average molecular weight is 139 g/mol. The molecule has 0 aromatic heterocycles. The normalized spacial score (nSPS) is 47.1. The van der Waals surface area contributed by atoms with E-state index >= 15 is 0 Å². The van der Waals surface area contributed by atoms with Crippen LogP contribution in [0.1, 0.15) is 38.5 Å². The zero-order valence-electron chi connectivity index (χ0n) is 6.55. The standard InChI is InChI=1S/C9H17N/c10-9-5-7-2-1-3-8(4-7)6-9/h7-9H,1-6,10H2/t7-,8+,9?. The van der Waals surface area contributed by atoms with Crippen LogP contribution in [0.4, 0.5) is 0 Å². The Morgan fingerprint density at radius 2 is 1.50 bits per heavy atom. The second-order valence-corrected chi connectivity index (χ2v) is 4.13. The molecule has 2 rings (SSSR count). The minimum Gasteiger partial charge on any atom is -0.328 e. The molecule has 0 aliphatic heterocycles. The van der Waals surface area contributed by atoms with E-state index < -0.39 is 0 Å². The van der Waals surface area contributed by atoms with E-state index in [0.717, 1.165) is 11.8 Å². The van der Waals surface area contributed by atoms with Crippen LogP contribution in [0.25, 0.3) is 0 Å². The van der Waals surface area contributed by atoms with Crippen molar-refractivity contribution in [1.82, 2.24) is 0 Å². The number of hydrogen-bond acceptors (Lipinski definition) is 1. The second-order valence-electron chi connectivity index (χ2n) is 4.13. The summed E-state index contributed by atoms with van der Waals surface area (Å²) in [5, 5.41) is 0. The molecule has 0 aromatic rings. The fourth-order valence-electron chi connectivity index (χ4n) is 2.78. The molecule has 0 amide bonds. The molecule has 3 atom stereocenters. The van der Waals surface area contributed by atoms with Crippen LogP contribution >= 0.6 is 0 Å². The molecule has 0 spiro atoms. The number of hydrogen-bond donors (Lipinski definition) is 1. The van der Waals surface area contributed by atoms with Gasteiger partial charge in [-0.05, 0) is 31.1 Å². The van der Waals surface area contributed by atoms with Crippen LogP contribution in [-0.4, -0.2) is 6.04 Å². The van der Waals surface area contributed by atoms with Crippen molar-refractivity contribution in [2.24, 2.45) is 17.6 Å². The Balaban J connectivity index is 1.98. The largest absolute Gasteiger partial charge is 0.328 e. The maximum atomic E-state index is 5.93. The molecular weight excluding hydrogens is 122 g/mol. The van der Waals surface area contributed by atoms with E-state index in [9.17, 15) is 0 Å². The second kappa shape index (κ2) is 2.54. The third-order valence-corrected chi connectivity index (χ3v) is 3.16. The van der Waals surface area contributed by atoms with Gasteiger partial charge >= 0.3 is 0 Å². The Kier molecular flexibility index (Phi) is 1.69. The van der Waals surface area contributed by atoms with Gasteiger partial charge in [-0.25, -0.2) is 0 Å². The predicted octanol–water partition coefficient (Wildman–Crippen LogP) is 1.91. The van der Waals surface area contributed by atoms with E-state index in [0.29, 0.717) is 6.04 Å². The molecule has 1 nitrogen and oxygen atoms in total. The summed E-state index contributed by atoms with van der Waals surface area (Å²) in [6, 6.07) is 0.545. The molecule has 0 heterocycles. The Hall–Kier alpha value is -0.0400. The van der Waals surface area contributed by atoms with E-state index in [1.54, 1.807) is 0 Å². The van der Waals surface area contributed by atoms with Gasteiger partial charge in [0.25, 0.3) is 0 Å². The van der Waals surface area contributed by atoms with Crippen molar-refractivity contribution in [2.45, 2.75) is 44.6 Å². The summed E-state index contributed by atoms with van der Waals surface area (Å²) in [6.07, 6.45) is 8.52. The average Bonchev–Trinajstić information content (AvgIpc) is 1.85. The summed E-state index contributed by atoms with van der Waals surface area (Å²) in [4.78, 5) is 0. The molecule has 2 bridgehead atoms. The predicted molar refractivity (Wildman–Crippen MR) is 42.7 cm³/mol. The van der Waals surface area contributed by atoms with Crippen molar-refractivity contribution in [3.05, 3.63) is 0 Å². The molecule has 0 radical (unpaired) electrons. The molecule has 2 aliphatic carbocycles. The van der Waals surface area contributed by atoms with E-state index in [4.69, 9.17) is 5.73 Å². The molecule has 2 fully saturated rings. The lowest BCUT2D eigenvalue weighted by Crippen LogP contribution is -2.35. The van der Waals surface area contributed by atoms with Crippen molar-refractivity contribution >= 4 is 0 Å². The molecule has 1 unspecified atom stereocenters. The highest BCUT2D eigenvalue weighted by Crippen LogP contribution is 2.38. The third kappa shape index (κ3) is 1.20. The molecule has 58 valence electrons. The zero-order valence-corrected chi connectivity index (χ0v) is 6.55. The van der Waals surface area contributed by atoms with Crippen LogP contribution in [-0.2, 0) is 0 Å². The van der Waals surface area contributed by atoms with Gasteiger partial charge in [-0.3, -0.25) is 0 Å².